The molecule has 0 aromatic heterocycles. The maximum atomic E-state index is 2.46. The first kappa shape index (κ1) is 21.7. The van der Waals surface area contributed by atoms with Gasteiger partial charge < -0.3 is 0 Å². The van der Waals surface area contributed by atoms with Crippen molar-refractivity contribution in [2.24, 2.45) is 0 Å². The van der Waals surface area contributed by atoms with Crippen LogP contribution in [0.1, 0.15) is 103 Å². The van der Waals surface area contributed by atoms with Gasteiger partial charge in [0.1, 0.15) is 0 Å². The standard InChI is InChI=1S/C27H40/c1-19(21-12-14-22(15-13-21)25(2,3)4)17-20-11-16-23(26(5,6)7)24(18-20)27(8,9)10/h11-16,18-19H,17H2,1-10H3. The zero-order valence-electron chi connectivity index (χ0n) is 19.3. The molecule has 0 saturated heterocycles. The molecule has 0 aliphatic carbocycles. The average Bonchev–Trinajstić information content (AvgIpc) is 2.52. The summed E-state index contributed by atoms with van der Waals surface area (Å²) < 4.78 is 0. The molecule has 2 aromatic rings. The van der Waals surface area contributed by atoms with Gasteiger partial charge in [0.05, 0.1) is 0 Å². The summed E-state index contributed by atoms with van der Waals surface area (Å²) in [7, 11) is 0. The molecule has 2 rings (SSSR count). The molecule has 0 nitrogen and oxygen atoms in total. The Morgan fingerprint density at radius 3 is 1.59 bits per heavy atom. The third-order valence-corrected chi connectivity index (χ3v) is 5.59. The monoisotopic (exact) mass is 364 g/mol. The Bertz CT molecular complexity index is 756. The lowest BCUT2D eigenvalue weighted by Crippen LogP contribution is -2.22. The van der Waals surface area contributed by atoms with E-state index in [2.05, 4.69) is 112 Å². The highest BCUT2D eigenvalue weighted by Crippen LogP contribution is 2.35. The highest BCUT2D eigenvalue weighted by atomic mass is 14.3. The van der Waals surface area contributed by atoms with E-state index in [4.69, 9.17) is 0 Å². The van der Waals surface area contributed by atoms with Gasteiger partial charge in [0.25, 0.3) is 0 Å². The van der Waals surface area contributed by atoms with Gasteiger partial charge in [0.15, 0.2) is 0 Å². The van der Waals surface area contributed by atoms with E-state index < -0.39 is 0 Å². The first-order valence-electron chi connectivity index (χ1n) is 10.4. The minimum Gasteiger partial charge on any atom is -0.0587 e. The van der Waals surface area contributed by atoms with Crippen LogP contribution in [0.4, 0.5) is 0 Å². The van der Waals surface area contributed by atoms with E-state index in [0.717, 1.165) is 6.42 Å². The minimum absolute atomic E-state index is 0.163. The van der Waals surface area contributed by atoms with Crippen molar-refractivity contribution >= 4 is 0 Å². The van der Waals surface area contributed by atoms with Crippen LogP contribution >= 0.6 is 0 Å². The molecular formula is C27H40. The quantitative estimate of drug-likeness (QED) is 0.518. The molecular weight excluding hydrogens is 324 g/mol. The van der Waals surface area contributed by atoms with Gasteiger partial charge in [-0.2, -0.15) is 0 Å². The van der Waals surface area contributed by atoms with Crippen LogP contribution < -0.4 is 0 Å². The number of hydrogen-bond acceptors (Lipinski definition) is 0. The van der Waals surface area contributed by atoms with Crippen molar-refractivity contribution in [2.75, 3.05) is 0 Å². The normalized spacial score (nSPS) is 14.3. The van der Waals surface area contributed by atoms with E-state index in [1.165, 1.54) is 27.8 Å². The van der Waals surface area contributed by atoms with Crippen LogP contribution in [0.3, 0.4) is 0 Å². The fourth-order valence-corrected chi connectivity index (χ4v) is 3.78. The second-order valence-electron chi connectivity index (χ2n) is 11.4. The van der Waals surface area contributed by atoms with Crippen LogP contribution in [0.2, 0.25) is 0 Å². The highest BCUT2D eigenvalue weighted by molar-refractivity contribution is 5.41. The molecule has 0 spiro atoms. The largest absolute Gasteiger partial charge is 0.0587 e. The predicted octanol–water partition coefficient (Wildman–Crippen LogP) is 7.93. The summed E-state index contributed by atoms with van der Waals surface area (Å²) in [6, 6.07) is 16.4. The van der Waals surface area contributed by atoms with Crippen molar-refractivity contribution < 1.29 is 0 Å². The number of hydrogen-bond donors (Lipinski definition) is 0. The third-order valence-electron chi connectivity index (χ3n) is 5.59. The lowest BCUT2D eigenvalue weighted by Gasteiger charge is -2.31. The first-order valence-corrected chi connectivity index (χ1v) is 10.4. The Morgan fingerprint density at radius 2 is 1.15 bits per heavy atom. The summed E-state index contributed by atoms with van der Waals surface area (Å²) in [4.78, 5) is 0. The molecule has 0 N–H and O–H groups in total. The maximum Gasteiger partial charge on any atom is -0.0129 e. The van der Waals surface area contributed by atoms with E-state index in [-0.39, 0.29) is 16.2 Å². The van der Waals surface area contributed by atoms with Crippen LogP contribution in [0, 0.1) is 0 Å². The molecule has 1 atom stereocenters. The van der Waals surface area contributed by atoms with Crippen LogP contribution in [0.25, 0.3) is 0 Å². The van der Waals surface area contributed by atoms with Gasteiger partial charge in [-0.05, 0) is 56.4 Å². The third kappa shape index (κ3) is 5.47. The van der Waals surface area contributed by atoms with E-state index in [1.54, 1.807) is 0 Å². The summed E-state index contributed by atoms with van der Waals surface area (Å²) in [5, 5.41) is 0. The SMILES string of the molecule is CC(Cc1ccc(C(C)(C)C)c(C(C)(C)C)c1)c1ccc(C(C)(C)C)cc1. The van der Waals surface area contributed by atoms with Gasteiger partial charge in [-0.1, -0.05) is 112 Å². The summed E-state index contributed by atoms with van der Waals surface area (Å²) in [5.74, 6) is 0.521. The molecule has 2 aromatic carbocycles. The van der Waals surface area contributed by atoms with Crippen molar-refractivity contribution in [3.63, 3.8) is 0 Å². The predicted molar refractivity (Wildman–Crippen MR) is 121 cm³/mol. The zero-order chi connectivity index (χ0) is 20.6. The molecule has 148 valence electrons. The molecule has 0 aliphatic rings. The molecule has 0 bridgehead atoms. The van der Waals surface area contributed by atoms with Crippen LogP contribution in [0.5, 0.6) is 0 Å². The Kier molecular flexibility index (Phi) is 6.00. The lowest BCUT2D eigenvalue weighted by atomic mass is 9.74. The smallest absolute Gasteiger partial charge is 0.0129 e. The zero-order valence-corrected chi connectivity index (χ0v) is 19.3. The number of rotatable bonds is 3. The molecule has 0 amide bonds. The Labute approximate surface area is 168 Å². The minimum atomic E-state index is 0.163. The van der Waals surface area contributed by atoms with E-state index in [9.17, 15) is 0 Å². The molecule has 0 aliphatic heterocycles. The summed E-state index contributed by atoms with van der Waals surface area (Å²) in [6.07, 6.45) is 1.09. The van der Waals surface area contributed by atoms with E-state index in [0.29, 0.717) is 5.92 Å². The summed E-state index contributed by atoms with van der Waals surface area (Å²) >= 11 is 0. The number of benzene rings is 2. The van der Waals surface area contributed by atoms with Crippen molar-refractivity contribution in [1.29, 1.82) is 0 Å². The van der Waals surface area contributed by atoms with Crippen molar-refractivity contribution in [3.8, 4) is 0 Å². The topological polar surface area (TPSA) is 0 Å². The second-order valence-corrected chi connectivity index (χ2v) is 11.4. The molecule has 0 heteroatoms. The maximum absolute atomic E-state index is 2.46. The van der Waals surface area contributed by atoms with Crippen molar-refractivity contribution in [1.82, 2.24) is 0 Å². The molecule has 0 heterocycles. The Balaban J connectivity index is 2.29. The molecule has 27 heavy (non-hydrogen) atoms. The van der Waals surface area contributed by atoms with Gasteiger partial charge >= 0.3 is 0 Å². The van der Waals surface area contributed by atoms with E-state index in [1.807, 2.05) is 0 Å². The fraction of sp³-hybridized carbons (Fsp3) is 0.556. The Hall–Kier alpha value is -1.56. The molecule has 0 saturated carbocycles. The van der Waals surface area contributed by atoms with E-state index >= 15 is 0 Å². The molecule has 0 radical (unpaired) electrons. The van der Waals surface area contributed by atoms with Crippen molar-refractivity contribution in [3.05, 3.63) is 70.3 Å². The summed E-state index contributed by atoms with van der Waals surface area (Å²) in [5.41, 5.74) is 7.80. The van der Waals surface area contributed by atoms with Gasteiger partial charge in [-0.25, -0.2) is 0 Å². The van der Waals surface area contributed by atoms with Crippen LogP contribution in [-0.2, 0) is 22.7 Å². The highest BCUT2D eigenvalue weighted by Gasteiger charge is 2.25. The lowest BCUT2D eigenvalue weighted by molar-refractivity contribution is 0.529. The fourth-order valence-electron chi connectivity index (χ4n) is 3.78. The first-order chi connectivity index (χ1) is 12.2. The average molecular weight is 365 g/mol. The van der Waals surface area contributed by atoms with Gasteiger partial charge in [-0.15, -0.1) is 0 Å². The van der Waals surface area contributed by atoms with Crippen molar-refractivity contribution in [2.45, 2.75) is 97.8 Å². The Morgan fingerprint density at radius 1 is 0.630 bits per heavy atom. The molecule has 0 fully saturated rings. The van der Waals surface area contributed by atoms with Gasteiger partial charge in [-0.3, -0.25) is 0 Å². The van der Waals surface area contributed by atoms with Gasteiger partial charge in [0, 0.05) is 0 Å². The van der Waals surface area contributed by atoms with Crippen LogP contribution in [-0.4, -0.2) is 0 Å². The van der Waals surface area contributed by atoms with Crippen LogP contribution in [0.15, 0.2) is 42.5 Å². The summed E-state index contributed by atoms with van der Waals surface area (Å²) in [6.45, 7) is 23.1. The second kappa shape index (κ2) is 7.46. The molecule has 1 unspecified atom stereocenters. The van der Waals surface area contributed by atoms with Gasteiger partial charge in [0.2, 0.25) is 0 Å².